The lowest BCUT2D eigenvalue weighted by atomic mass is 10.1. The molecule has 0 atom stereocenters. The molecule has 90 valence electrons. The minimum atomic E-state index is -0.975. The normalized spacial score (nSPS) is 11.5. The van der Waals surface area contributed by atoms with E-state index in [1.807, 2.05) is 0 Å². The predicted molar refractivity (Wildman–Crippen MR) is 56.6 cm³/mol. The van der Waals surface area contributed by atoms with Gasteiger partial charge in [-0.1, -0.05) is 0 Å². The van der Waals surface area contributed by atoms with Gasteiger partial charge in [-0.2, -0.15) is 0 Å². The summed E-state index contributed by atoms with van der Waals surface area (Å²) in [6.45, 7) is 5.66. The molecule has 3 N–H and O–H groups in total. The lowest BCUT2D eigenvalue weighted by Crippen LogP contribution is -2.42. The highest BCUT2D eigenvalue weighted by Crippen LogP contribution is 2.11. The molecule has 0 aliphatic rings. The average Bonchev–Trinajstić information content (AvgIpc) is 2.58. The van der Waals surface area contributed by atoms with Crippen LogP contribution in [0.25, 0.3) is 0 Å². The topological polar surface area (TPSA) is 105 Å². The first-order valence-electron chi connectivity index (χ1n) is 4.95. The third-order valence-corrected chi connectivity index (χ3v) is 1.96. The largest absolute Gasteiger partial charge is 0.389 e. The molecule has 0 bridgehead atoms. The number of hydrogen-bond acceptors (Lipinski definition) is 6. The van der Waals surface area contributed by atoms with Gasteiger partial charge in [0.25, 0.3) is 5.91 Å². The Bertz CT molecular complexity index is 369. The molecule has 0 aliphatic heterocycles. The fourth-order valence-corrected chi connectivity index (χ4v) is 1.29. The van der Waals surface area contributed by atoms with Gasteiger partial charge in [-0.3, -0.25) is 4.79 Å². The maximum absolute atomic E-state index is 11.9. The van der Waals surface area contributed by atoms with Crippen LogP contribution in [0.2, 0.25) is 0 Å². The molecule has 1 amide bonds. The molecule has 0 saturated heterocycles. The van der Waals surface area contributed by atoms with Crippen molar-refractivity contribution in [1.29, 1.82) is 0 Å². The Morgan fingerprint density at radius 1 is 1.56 bits per heavy atom. The lowest BCUT2D eigenvalue weighted by molar-refractivity contribution is 0.0309. The van der Waals surface area contributed by atoms with Crippen LogP contribution in [0.5, 0.6) is 0 Å². The Labute approximate surface area is 93.2 Å². The average molecular weight is 228 g/mol. The molecule has 7 heteroatoms. The third-order valence-electron chi connectivity index (χ3n) is 1.96. The highest BCUT2D eigenvalue weighted by Gasteiger charge is 2.26. The Hall–Kier alpha value is -1.63. The van der Waals surface area contributed by atoms with Crippen LogP contribution < -0.4 is 5.73 Å². The Morgan fingerprint density at radius 3 is 2.56 bits per heavy atom. The number of nitrogens with zero attached hydrogens (tertiary/aromatic N) is 3. The number of anilines is 1. The summed E-state index contributed by atoms with van der Waals surface area (Å²) in [4.78, 5) is 13.3. The second-order valence-corrected chi connectivity index (χ2v) is 4.13. The number of nitrogen functional groups attached to an aromatic ring is 1. The van der Waals surface area contributed by atoms with E-state index in [9.17, 15) is 9.90 Å². The van der Waals surface area contributed by atoms with Gasteiger partial charge in [0, 0.05) is 13.1 Å². The van der Waals surface area contributed by atoms with Crippen molar-refractivity contribution in [2.24, 2.45) is 0 Å². The van der Waals surface area contributed by atoms with Crippen LogP contribution in [0.4, 0.5) is 5.82 Å². The number of rotatable bonds is 4. The minimum Gasteiger partial charge on any atom is -0.389 e. The fraction of sp³-hybridized carbons (Fsp3) is 0.667. The highest BCUT2D eigenvalue weighted by atomic mass is 16.6. The van der Waals surface area contributed by atoms with E-state index in [1.165, 1.54) is 4.90 Å². The Balaban J connectivity index is 2.82. The van der Waals surface area contributed by atoms with Gasteiger partial charge in [0.2, 0.25) is 11.5 Å². The number of carbonyl (C=O) groups excluding carboxylic acids is 1. The molecule has 0 aromatic carbocycles. The van der Waals surface area contributed by atoms with E-state index < -0.39 is 11.5 Å². The minimum absolute atomic E-state index is 0.0221. The maximum Gasteiger partial charge on any atom is 0.280 e. The third kappa shape index (κ3) is 2.93. The van der Waals surface area contributed by atoms with E-state index in [2.05, 4.69) is 14.9 Å². The van der Waals surface area contributed by atoms with Crippen molar-refractivity contribution in [3.05, 3.63) is 5.69 Å². The van der Waals surface area contributed by atoms with E-state index >= 15 is 0 Å². The molecule has 7 nitrogen and oxygen atoms in total. The molecular weight excluding hydrogens is 212 g/mol. The summed E-state index contributed by atoms with van der Waals surface area (Å²) in [6.07, 6.45) is 0. The van der Waals surface area contributed by atoms with Gasteiger partial charge in [0.1, 0.15) is 0 Å². The molecule has 1 aromatic heterocycles. The van der Waals surface area contributed by atoms with Crippen molar-refractivity contribution in [2.45, 2.75) is 26.4 Å². The van der Waals surface area contributed by atoms with Crippen molar-refractivity contribution in [2.75, 3.05) is 18.8 Å². The summed E-state index contributed by atoms with van der Waals surface area (Å²) in [5.74, 6) is -0.442. The van der Waals surface area contributed by atoms with Crippen molar-refractivity contribution in [3.8, 4) is 0 Å². The van der Waals surface area contributed by atoms with Gasteiger partial charge in [0.05, 0.1) is 5.60 Å². The van der Waals surface area contributed by atoms with Crippen molar-refractivity contribution in [1.82, 2.24) is 15.2 Å². The standard InChI is InChI=1S/C9H16N4O3/c1-4-13(5-9(2,3)15)8(14)6-7(10)12-16-11-6/h15H,4-5H2,1-3H3,(H2,10,12). The number of nitrogens with two attached hydrogens (primary N) is 1. The first kappa shape index (κ1) is 12.4. The Kier molecular flexibility index (Phi) is 3.48. The van der Waals surface area contributed by atoms with Crippen LogP contribution in [0.3, 0.4) is 0 Å². The van der Waals surface area contributed by atoms with Gasteiger partial charge >= 0.3 is 0 Å². The molecule has 0 radical (unpaired) electrons. The molecule has 1 aromatic rings. The van der Waals surface area contributed by atoms with Crippen LogP contribution in [0.1, 0.15) is 31.3 Å². The van der Waals surface area contributed by atoms with Crippen molar-refractivity contribution in [3.63, 3.8) is 0 Å². The summed E-state index contributed by atoms with van der Waals surface area (Å²) < 4.78 is 4.36. The highest BCUT2D eigenvalue weighted by molar-refractivity contribution is 5.96. The van der Waals surface area contributed by atoms with Crippen LogP contribution >= 0.6 is 0 Å². The van der Waals surface area contributed by atoms with Crippen molar-refractivity contribution >= 4 is 11.7 Å². The van der Waals surface area contributed by atoms with Crippen LogP contribution in [-0.2, 0) is 0 Å². The van der Waals surface area contributed by atoms with Gasteiger partial charge in [-0.05, 0) is 31.1 Å². The molecule has 0 unspecified atom stereocenters. The molecular formula is C9H16N4O3. The smallest absolute Gasteiger partial charge is 0.280 e. The van der Waals surface area contributed by atoms with Crippen LogP contribution in [-0.4, -0.2) is 44.9 Å². The lowest BCUT2D eigenvalue weighted by Gasteiger charge is -2.27. The fourth-order valence-electron chi connectivity index (χ4n) is 1.29. The number of aliphatic hydroxyl groups is 1. The van der Waals surface area contributed by atoms with Gasteiger partial charge in [0.15, 0.2) is 0 Å². The summed E-state index contributed by atoms with van der Waals surface area (Å²) in [5, 5.41) is 16.4. The first-order valence-corrected chi connectivity index (χ1v) is 4.95. The maximum atomic E-state index is 11.9. The molecule has 1 heterocycles. The van der Waals surface area contributed by atoms with Gasteiger partial charge in [-0.25, -0.2) is 4.63 Å². The van der Waals surface area contributed by atoms with E-state index in [-0.39, 0.29) is 18.1 Å². The summed E-state index contributed by atoms with van der Waals surface area (Å²) in [5.41, 5.74) is 4.42. The zero-order chi connectivity index (χ0) is 12.3. The first-order chi connectivity index (χ1) is 7.35. The summed E-state index contributed by atoms with van der Waals surface area (Å²) in [6, 6.07) is 0. The number of aromatic nitrogens is 2. The SMILES string of the molecule is CCN(CC(C)(C)O)C(=O)c1nonc1N. The second kappa shape index (κ2) is 4.48. The molecule has 1 rings (SSSR count). The zero-order valence-corrected chi connectivity index (χ0v) is 9.60. The number of carbonyl (C=O) groups is 1. The number of hydrogen-bond donors (Lipinski definition) is 2. The predicted octanol–water partition coefficient (Wildman–Crippen LogP) is -0.115. The van der Waals surface area contributed by atoms with Crippen LogP contribution in [0.15, 0.2) is 4.63 Å². The summed E-state index contributed by atoms with van der Waals surface area (Å²) >= 11 is 0. The monoisotopic (exact) mass is 228 g/mol. The molecule has 0 fully saturated rings. The van der Waals surface area contributed by atoms with Gasteiger partial charge < -0.3 is 15.7 Å². The zero-order valence-electron chi connectivity index (χ0n) is 9.60. The van der Waals surface area contributed by atoms with E-state index in [4.69, 9.17) is 5.73 Å². The van der Waals surface area contributed by atoms with Crippen LogP contribution in [0, 0.1) is 0 Å². The quantitative estimate of drug-likeness (QED) is 0.744. The second-order valence-electron chi connectivity index (χ2n) is 4.13. The van der Waals surface area contributed by atoms with E-state index in [0.717, 1.165) is 0 Å². The van der Waals surface area contributed by atoms with E-state index in [1.54, 1.807) is 20.8 Å². The number of likely N-dealkylation sites (N-methyl/N-ethyl adjacent to an activating group) is 1. The molecule has 0 aliphatic carbocycles. The molecule has 0 spiro atoms. The van der Waals surface area contributed by atoms with Gasteiger partial charge in [-0.15, -0.1) is 0 Å². The number of amides is 1. The molecule has 0 saturated carbocycles. The molecule has 16 heavy (non-hydrogen) atoms. The Morgan fingerprint density at radius 2 is 2.19 bits per heavy atom. The van der Waals surface area contributed by atoms with E-state index in [0.29, 0.717) is 6.54 Å². The summed E-state index contributed by atoms with van der Waals surface area (Å²) in [7, 11) is 0. The van der Waals surface area contributed by atoms with Crippen molar-refractivity contribution < 1.29 is 14.5 Å².